The van der Waals surface area contributed by atoms with Crippen LogP contribution in [0, 0.1) is 17.1 Å². The van der Waals surface area contributed by atoms with Gasteiger partial charge >= 0.3 is 0 Å². The number of nitriles is 1. The number of ether oxygens (including phenoxy) is 1. The zero-order valence-corrected chi connectivity index (χ0v) is 17.0. The number of pyridine rings is 1. The number of likely N-dealkylation sites (N-methyl/N-ethyl adjacent to an activating group) is 1. The fraction of sp³-hybridized carbons (Fsp3) is 0.208. The maximum Gasteiger partial charge on any atom is 0.248 e. The van der Waals surface area contributed by atoms with E-state index >= 15 is 0 Å². The van der Waals surface area contributed by atoms with Crippen LogP contribution in [0.25, 0.3) is 10.9 Å². The molecule has 0 bridgehead atoms. The molecule has 2 N–H and O–H groups in total. The van der Waals surface area contributed by atoms with E-state index in [4.69, 9.17) is 39.6 Å². The fourth-order valence-corrected chi connectivity index (χ4v) is 2.58. The van der Waals surface area contributed by atoms with E-state index in [0.717, 1.165) is 6.08 Å². The molecule has 0 radical (unpaired) electrons. The lowest BCUT2D eigenvalue weighted by atomic mass is 10.1. The standard InChI is InChI=1S/C24H23ClFN5O2/c1-4-33-22-12-20-17(11-21(22)30-23(32)6-5-9-31(2)3)24(15(13-27)14-28-20)29-16-7-8-19(26)18(25)10-16/h5-8,10-12,14H,4,9H2,1-3H3,(H,28,29)(H,30,32)/b6-5+/i1D3,2D3,3D3,4D2,7D,8D,10D,11D,12D,14D. The molecule has 0 aliphatic heterocycles. The average molecular weight is 485 g/mol. The SMILES string of the molecule is [2H]c1nc2c([2H])c(OC([2H])([2H])C([2H])([2H])[2H])c(NC(=O)/C=C/CN(C([2H])([2H])[2H])C([2H])([2H])[2H])c([2H])c2c(Nc2c([2H])c([2H])c(F)c(Cl)c2[2H])c1C#N. The Morgan fingerprint density at radius 3 is 3.06 bits per heavy atom. The Morgan fingerprint density at radius 1 is 1.45 bits per heavy atom. The number of hydrogen-bond donors (Lipinski definition) is 2. The number of hydrogen-bond acceptors (Lipinski definition) is 6. The van der Waals surface area contributed by atoms with Crippen molar-refractivity contribution in [3.8, 4) is 11.8 Å². The molecular formula is C24H23ClFN5O2. The Bertz CT molecular complexity index is 1900. The molecule has 0 saturated carbocycles. The smallest absolute Gasteiger partial charge is 0.248 e. The molecule has 0 fully saturated rings. The van der Waals surface area contributed by atoms with Gasteiger partial charge in [0.05, 0.1) is 45.0 Å². The fourth-order valence-electron chi connectivity index (χ4n) is 2.44. The van der Waals surface area contributed by atoms with Crippen LogP contribution in [0.3, 0.4) is 0 Å². The van der Waals surface area contributed by atoms with Crippen LogP contribution in [0.4, 0.5) is 21.5 Å². The maximum atomic E-state index is 14.3. The topological polar surface area (TPSA) is 90.3 Å². The first-order valence-corrected chi connectivity index (χ1v) is 9.08. The minimum Gasteiger partial charge on any atom is -0.492 e. The molecule has 1 amide bonds. The van der Waals surface area contributed by atoms with E-state index in [0.29, 0.717) is 6.08 Å². The van der Waals surface area contributed by atoms with Gasteiger partial charge in [-0.05, 0) is 45.0 Å². The van der Waals surface area contributed by atoms with E-state index in [2.05, 4.69) is 15.6 Å². The largest absolute Gasteiger partial charge is 0.492 e. The van der Waals surface area contributed by atoms with Crippen molar-refractivity contribution in [2.75, 3.05) is 37.7 Å². The van der Waals surface area contributed by atoms with Gasteiger partial charge in [-0.3, -0.25) is 9.78 Å². The van der Waals surface area contributed by atoms with E-state index in [-0.39, 0.29) is 4.90 Å². The number of nitrogens with one attached hydrogen (secondary N) is 2. The third kappa shape index (κ3) is 5.98. The number of rotatable bonds is 8. The van der Waals surface area contributed by atoms with Gasteiger partial charge < -0.3 is 20.3 Å². The van der Waals surface area contributed by atoms with Crippen LogP contribution < -0.4 is 15.4 Å². The normalized spacial score (nSPS) is 20.1. The molecule has 170 valence electrons. The zero-order chi connectivity index (χ0) is 38.5. The summed E-state index contributed by atoms with van der Waals surface area (Å²) in [6.07, 6.45) is 0.518. The molecule has 3 aromatic rings. The van der Waals surface area contributed by atoms with E-state index in [1.165, 1.54) is 0 Å². The van der Waals surface area contributed by atoms with Gasteiger partial charge in [-0.1, -0.05) is 17.7 Å². The number of amides is 1. The van der Waals surface area contributed by atoms with E-state index < -0.39 is 126 Å². The molecule has 1 heterocycles. The second-order valence-corrected chi connectivity index (χ2v) is 6.35. The van der Waals surface area contributed by atoms with Gasteiger partial charge in [-0.25, -0.2) is 4.39 Å². The van der Waals surface area contributed by atoms with Crippen LogP contribution in [0.2, 0.25) is 5.02 Å². The van der Waals surface area contributed by atoms with Gasteiger partial charge in [0.15, 0.2) is 0 Å². The summed E-state index contributed by atoms with van der Waals surface area (Å²) in [6.45, 7) is -14.2. The summed E-state index contributed by atoms with van der Waals surface area (Å²) in [6, 6.07) is -3.35. The Morgan fingerprint density at radius 2 is 2.30 bits per heavy atom. The molecule has 3 rings (SSSR count). The maximum absolute atomic E-state index is 14.3. The van der Waals surface area contributed by atoms with Crippen molar-refractivity contribution in [3.63, 3.8) is 0 Å². The van der Waals surface area contributed by atoms with E-state index in [1.807, 2.05) is 0 Å². The van der Waals surface area contributed by atoms with Crippen LogP contribution >= 0.6 is 11.6 Å². The van der Waals surface area contributed by atoms with Crippen molar-refractivity contribution in [3.05, 3.63) is 64.9 Å². The Labute approximate surface area is 220 Å². The molecule has 9 heteroatoms. The Kier molecular flexibility index (Phi) is 3.29. The number of nitrogens with zero attached hydrogens (tertiary/aromatic N) is 3. The molecule has 7 nitrogen and oxygen atoms in total. The molecule has 0 saturated heterocycles. The lowest BCUT2D eigenvalue weighted by molar-refractivity contribution is -0.111. The van der Waals surface area contributed by atoms with Crippen molar-refractivity contribution >= 4 is 45.5 Å². The van der Waals surface area contributed by atoms with Crippen molar-refractivity contribution < 1.29 is 37.2 Å². The third-order valence-electron chi connectivity index (χ3n) is 3.77. The molecule has 0 atom stereocenters. The summed E-state index contributed by atoms with van der Waals surface area (Å²) in [5, 5.41) is 12.8. The molecule has 0 spiro atoms. The van der Waals surface area contributed by atoms with Crippen molar-refractivity contribution in [2.45, 2.75) is 6.85 Å². The highest BCUT2D eigenvalue weighted by molar-refractivity contribution is 6.31. The number of carbonyl (C=O) groups is 1. The summed E-state index contributed by atoms with van der Waals surface area (Å²) in [4.78, 5) is 16.9. The highest BCUT2D eigenvalue weighted by atomic mass is 35.5. The van der Waals surface area contributed by atoms with Crippen molar-refractivity contribution in [2.24, 2.45) is 0 Å². The first kappa shape index (κ1) is 10.1. The first-order valence-electron chi connectivity index (χ1n) is 17.2. The van der Waals surface area contributed by atoms with Gasteiger partial charge in [0.1, 0.15) is 17.6 Å². The molecule has 1 aromatic heterocycles. The van der Waals surface area contributed by atoms with Crippen LogP contribution in [0.1, 0.15) is 35.7 Å². The zero-order valence-electron chi connectivity index (χ0n) is 33.3. The lowest BCUT2D eigenvalue weighted by Crippen LogP contribution is -2.13. The quantitative estimate of drug-likeness (QED) is 0.432. The molecule has 2 aromatic carbocycles. The van der Waals surface area contributed by atoms with Gasteiger partial charge in [0.2, 0.25) is 5.91 Å². The summed E-state index contributed by atoms with van der Waals surface area (Å²) in [5.74, 6) is -3.80. The average Bonchev–Trinajstić information content (AvgIpc) is 2.97. The van der Waals surface area contributed by atoms with Gasteiger partial charge in [-0.2, -0.15) is 5.26 Å². The van der Waals surface area contributed by atoms with Gasteiger partial charge in [0.25, 0.3) is 0 Å². The van der Waals surface area contributed by atoms with Crippen molar-refractivity contribution in [1.29, 1.82) is 5.26 Å². The molecule has 0 unspecified atom stereocenters. The number of benzene rings is 2. The molecular weight excluding hydrogens is 445 g/mol. The number of fused-ring (bicyclic) bond motifs is 1. The minimum atomic E-state index is -3.59. The molecule has 33 heavy (non-hydrogen) atoms. The second-order valence-electron chi connectivity index (χ2n) is 5.97. The van der Waals surface area contributed by atoms with Crippen LogP contribution in [-0.4, -0.2) is 42.8 Å². The lowest BCUT2D eigenvalue weighted by Gasteiger charge is -2.16. The first-order chi connectivity index (χ1) is 22.7. The summed E-state index contributed by atoms with van der Waals surface area (Å²) in [5.41, 5.74) is -3.70. The summed E-state index contributed by atoms with van der Waals surface area (Å²) >= 11 is 5.81. The summed E-state index contributed by atoms with van der Waals surface area (Å²) in [7, 11) is 0. The van der Waals surface area contributed by atoms with Crippen LogP contribution in [0.5, 0.6) is 5.75 Å². The predicted octanol–water partition coefficient (Wildman–Crippen LogP) is 5.10. The second kappa shape index (κ2) is 10.8. The number of halogens is 2. The summed E-state index contributed by atoms with van der Waals surface area (Å²) < 4.78 is 152. The highest BCUT2D eigenvalue weighted by Gasteiger charge is 2.15. The van der Waals surface area contributed by atoms with Gasteiger partial charge in [-0.15, -0.1) is 0 Å². The number of aromatic nitrogens is 1. The van der Waals surface area contributed by atoms with E-state index in [9.17, 15) is 14.4 Å². The Balaban J connectivity index is 2.37. The van der Waals surface area contributed by atoms with Crippen LogP contribution in [-0.2, 0) is 4.79 Å². The number of anilines is 3. The third-order valence-corrected chi connectivity index (χ3v) is 4.03. The highest BCUT2D eigenvalue weighted by Crippen LogP contribution is 2.36. The van der Waals surface area contributed by atoms with Gasteiger partial charge in [0, 0.05) is 48.2 Å². The Hall–Kier alpha value is -3.67. The number of carbonyl (C=O) groups excluding carboxylic acids is 1. The minimum absolute atomic E-state index is 0.0909. The predicted molar refractivity (Wildman–Crippen MR) is 129 cm³/mol. The monoisotopic (exact) mass is 484 g/mol. The van der Waals surface area contributed by atoms with E-state index in [1.54, 1.807) is 6.07 Å². The molecule has 0 aliphatic carbocycles. The van der Waals surface area contributed by atoms with Crippen molar-refractivity contribution in [1.82, 2.24) is 9.88 Å². The van der Waals surface area contributed by atoms with Crippen LogP contribution in [0.15, 0.2) is 48.5 Å². The molecule has 0 aliphatic rings.